The average Bonchev–Trinajstić information content (AvgIpc) is 2.65. The molecule has 1 heterocycles. The standard InChI is InChI=1S/C15H22N4/c1-10(2)19-12(4)15(11(3)18-19)17-9-13-7-5-6-8-14(13)16/h5-8,10,17H,9,16H2,1-4H3. The topological polar surface area (TPSA) is 55.9 Å². The summed E-state index contributed by atoms with van der Waals surface area (Å²) < 4.78 is 2.05. The van der Waals surface area contributed by atoms with E-state index in [0.717, 1.165) is 29.2 Å². The lowest BCUT2D eigenvalue weighted by Gasteiger charge is -2.11. The van der Waals surface area contributed by atoms with E-state index in [1.165, 1.54) is 5.69 Å². The second-order valence-corrected chi connectivity index (χ2v) is 5.14. The van der Waals surface area contributed by atoms with Crippen molar-refractivity contribution >= 4 is 11.4 Å². The van der Waals surface area contributed by atoms with Crippen LogP contribution in [0.3, 0.4) is 0 Å². The largest absolute Gasteiger partial charge is 0.398 e. The highest BCUT2D eigenvalue weighted by molar-refractivity contribution is 5.54. The maximum atomic E-state index is 5.95. The number of nitrogen functional groups attached to an aromatic ring is 1. The van der Waals surface area contributed by atoms with Gasteiger partial charge in [0.05, 0.1) is 17.1 Å². The van der Waals surface area contributed by atoms with Crippen molar-refractivity contribution in [2.24, 2.45) is 0 Å². The lowest BCUT2D eigenvalue weighted by molar-refractivity contribution is 0.516. The first kappa shape index (κ1) is 13.5. The van der Waals surface area contributed by atoms with Crippen LogP contribution in [0.15, 0.2) is 24.3 Å². The Labute approximate surface area is 114 Å². The Morgan fingerprint density at radius 1 is 1.26 bits per heavy atom. The van der Waals surface area contributed by atoms with Gasteiger partial charge >= 0.3 is 0 Å². The molecule has 19 heavy (non-hydrogen) atoms. The van der Waals surface area contributed by atoms with Gasteiger partial charge in [-0.1, -0.05) is 18.2 Å². The van der Waals surface area contributed by atoms with Crippen LogP contribution in [0.4, 0.5) is 11.4 Å². The highest BCUT2D eigenvalue weighted by atomic mass is 15.3. The first-order chi connectivity index (χ1) is 9.00. The molecule has 1 aromatic carbocycles. The third kappa shape index (κ3) is 2.72. The number of hydrogen-bond acceptors (Lipinski definition) is 3. The van der Waals surface area contributed by atoms with E-state index in [9.17, 15) is 0 Å². The molecule has 0 aliphatic carbocycles. The number of aryl methyl sites for hydroxylation is 1. The highest BCUT2D eigenvalue weighted by Gasteiger charge is 2.13. The third-order valence-corrected chi connectivity index (χ3v) is 3.32. The Kier molecular flexibility index (Phi) is 3.79. The average molecular weight is 258 g/mol. The van der Waals surface area contributed by atoms with Crippen LogP contribution in [0, 0.1) is 13.8 Å². The van der Waals surface area contributed by atoms with Crippen molar-refractivity contribution in [3.05, 3.63) is 41.2 Å². The summed E-state index contributed by atoms with van der Waals surface area (Å²) in [6.07, 6.45) is 0. The molecular weight excluding hydrogens is 236 g/mol. The van der Waals surface area contributed by atoms with Crippen LogP contribution in [0.25, 0.3) is 0 Å². The molecular formula is C15H22N4. The molecule has 0 spiro atoms. The van der Waals surface area contributed by atoms with Gasteiger partial charge in [0.2, 0.25) is 0 Å². The molecule has 0 aliphatic heterocycles. The van der Waals surface area contributed by atoms with Crippen LogP contribution in [0.5, 0.6) is 0 Å². The summed E-state index contributed by atoms with van der Waals surface area (Å²) in [5.74, 6) is 0. The quantitative estimate of drug-likeness (QED) is 0.827. The minimum atomic E-state index is 0.371. The summed E-state index contributed by atoms with van der Waals surface area (Å²) in [6.45, 7) is 9.12. The van der Waals surface area contributed by atoms with Crippen molar-refractivity contribution in [2.45, 2.75) is 40.3 Å². The minimum absolute atomic E-state index is 0.371. The van der Waals surface area contributed by atoms with Crippen LogP contribution in [-0.2, 0) is 6.54 Å². The van der Waals surface area contributed by atoms with Crippen molar-refractivity contribution in [2.75, 3.05) is 11.1 Å². The van der Waals surface area contributed by atoms with Crippen LogP contribution >= 0.6 is 0 Å². The number of aromatic nitrogens is 2. The predicted octanol–water partition coefficient (Wildman–Crippen LogP) is 3.28. The Balaban J connectivity index is 2.19. The van der Waals surface area contributed by atoms with Gasteiger partial charge in [-0.05, 0) is 39.3 Å². The molecule has 2 rings (SSSR count). The summed E-state index contributed by atoms with van der Waals surface area (Å²) in [6, 6.07) is 8.29. The normalized spacial score (nSPS) is 11.0. The Morgan fingerprint density at radius 3 is 2.53 bits per heavy atom. The van der Waals surface area contributed by atoms with E-state index in [1.54, 1.807) is 0 Å². The molecule has 102 valence electrons. The van der Waals surface area contributed by atoms with Crippen LogP contribution < -0.4 is 11.1 Å². The van der Waals surface area contributed by atoms with Crippen molar-refractivity contribution in [1.29, 1.82) is 0 Å². The van der Waals surface area contributed by atoms with Gasteiger partial charge in [-0.2, -0.15) is 5.10 Å². The monoisotopic (exact) mass is 258 g/mol. The van der Waals surface area contributed by atoms with Crippen molar-refractivity contribution in [3.63, 3.8) is 0 Å². The zero-order valence-corrected chi connectivity index (χ0v) is 12.1. The Bertz CT molecular complexity index is 570. The molecule has 0 atom stereocenters. The van der Waals surface area contributed by atoms with Gasteiger partial charge in [0, 0.05) is 18.3 Å². The zero-order valence-electron chi connectivity index (χ0n) is 12.1. The van der Waals surface area contributed by atoms with E-state index in [1.807, 2.05) is 35.9 Å². The number of benzene rings is 1. The van der Waals surface area contributed by atoms with Gasteiger partial charge in [-0.15, -0.1) is 0 Å². The zero-order chi connectivity index (χ0) is 14.0. The smallest absolute Gasteiger partial charge is 0.0828 e. The second kappa shape index (κ2) is 5.34. The van der Waals surface area contributed by atoms with Gasteiger partial charge in [0.1, 0.15) is 0 Å². The van der Waals surface area contributed by atoms with Gasteiger partial charge in [-0.3, -0.25) is 4.68 Å². The summed E-state index contributed by atoms with van der Waals surface area (Å²) >= 11 is 0. The third-order valence-electron chi connectivity index (χ3n) is 3.32. The Hall–Kier alpha value is -1.97. The highest BCUT2D eigenvalue weighted by Crippen LogP contribution is 2.23. The maximum absolute atomic E-state index is 5.95. The van der Waals surface area contributed by atoms with E-state index in [4.69, 9.17) is 5.73 Å². The fourth-order valence-corrected chi connectivity index (χ4v) is 2.30. The summed E-state index contributed by atoms with van der Waals surface area (Å²) in [7, 11) is 0. The summed E-state index contributed by atoms with van der Waals surface area (Å²) in [5, 5.41) is 8.02. The number of nitrogens with one attached hydrogen (secondary N) is 1. The molecule has 2 aromatic rings. The molecule has 0 saturated carbocycles. The molecule has 4 heteroatoms. The van der Waals surface area contributed by atoms with Crippen LogP contribution in [0.2, 0.25) is 0 Å². The SMILES string of the molecule is Cc1nn(C(C)C)c(C)c1NCc1ccccc1N. The van der Waals surface area contributed by atoms with Crippen LogP contribution in [-0.4, -0.2) is 9.78 Å². The molecule has 0 saturated heterocycles. The fraction of sp³-hybridized carbons (Fsp3) is 0.400. The number of rotatable bonds is 4. The predicted molar refractivity (Wildman–Crippen MR) is 80.3 cm³/mol. The van der Waals surface area contributed by atoms with Crippen molar-refractivity contribution in [3.8, 4) is 0 Å². The van der Waals surface area contributed by atoms with E-state index in [2.05, 4.69) is 31.2 Å². The summed E-state index contributed by atoms with van der Waals surface area (Å²) in [4.78, 5) is 0. The molecule has 3 N–H and O–H groups in total. The summed E-state index contributed by atoms with van der Waals surface area (Å²) in [5.41, 5.74) is 11.2. The molecule has 0 aliphatic rings. The molecule has 1 aromatic heterocycles. The molecule has 4 nitrogen and oxygen atoms in total. The lowest BCUT2D eigenvalue weighted by atomic mass is 10.2. The molecule has 0 radical (unpaired) electrons. The number of anilines is 2. The molecule has 0 fully saturated rings. The van der Waals surface area contributed by atoms with Gasteiger partial charge in [0.25, 0.3) is 0 Å². The minimum Gasteiger partial charge on any atom is -0.398 e. The van der Waals surface area contributed by atoms with E-state index < -0.39 is 0 Å². The van der Waals surface area contributed by atoms with E-state index in [-0.39, 0.29) is 0 Å². The number of nitrogens with two attached hydrogens (primary N) is 1. The number of nitrogens with zero attached hydrogens (tertiary/aromatic N) is 2. The fourth-order valence-electron chi connectivity index (χ4n) is 2.30. The molecule has 0 unspecified atom stereocenters. The molecule has 0 bridgehead atoms. The van der Waals surface area contributed by atoms with Gasteiger partial charge in [0.15, 0.2) is 0 Å². The molecule has 0 amide bonds. The van der Waals surface area contributed by atoms with E-state index in [0.29, 0.717) is 6.04 Å². The van der Waals surface area contributed by atoms with Crippen molar-refractivity contribution in [1.82, 2.24) is 9.78 Å². The number of hydrogen-bond donors (Lipinski definition) is 2. The lowest BCUT2D eigenvalue weighted by Crippen LogP contribution is -2.06. The van der Waals surface area contributed by atoms with Gasteiger partial charge < -0.3 is 11.1 Å². The first-order valence-corrected chi connectivity index (χ1v) is 6.63. The van der Waals surface area contributed by atoms with Gasteiger partial charge in [-0.25, -0.2) is 0 Å². The second-order valence-electron chi connectivity index (χ2n) is 5.14. The van der Waals surface area contributed by atoms with Crippen molar-refractivity contribution < 1.29 is 0 Å². The maximum Gasteiger partial charge on any atom is 0.0828 e. The number of para-hydroxylation sites is 1. The van der Waals surface area contributed by atoms with E-state index >= 15 is 0 Å². The first-order valence-electron chi connectivity index (χ1n) is 6.63. The Morgan fingerprint density at radius 2 is 1.95 bits per heavy atom. The van der Waals surface area contributed by atoms with Crippen LogP contribution in [0.1, 0.15) is 36.8 Å².